The molecule has 15 heteroatoms. The van der Waals surface area contributed by atoms with E-state index in [2.05, 4.69) is 41.5 Å². The van der Waals surface area contributed by atoms with Gasteiger partial charge in [0.05, 0.1) is 96.1 Å². The van der Waals surface area contributed by atoms with Crippen molar-refractivity contribution in [3.8, 4) is 0 Å². The number of carbonyl (C=O) groups is 4. The van der Waals surface area contributed by atoms with E-state index in [0.29, 0.717) is 61.8 Å². The van der Waals surface area contributed by atoms with Gasteiger partial charge in [-0.05, 0) is 247 Å². The van der Waals surface area contributed by atoms with Crippen LogP contribution in [0.3, 0.4) is 0 Å². The highest BCUT2D eigenvalue weighted by Crippen LogP contribution is 2.60. The van der Waals surface area contributed by atoms with Crippen molar-refractivity contribution in [3.63, 3.8) is 0 Å². The van der Waals surface area contributed by atoms with Gasteiger partial charge in [-0.2, -0.15) is 0 Å². The van der Waals surface area contributed by atoms with Crippen LogP contribution in [0.15, 0.2) is 0 Å². The van der Waals surface area contributed by atoms with Gasteiger partial charge in [0.2, 0.25) is 0 Å². The van der Waals surface area contributed by atoms with Crippen LogP contribution in [0.5, 0.6) is 0 Å². The average Bonchev–Trinajstić information content (AvgIpc) is 1.41. The fourth-order valence-corrected chi connectivity index (χ4v) is 19.7. The van der Waals surface area contributed by atoms with E-state index < -0.39 is 0 Å². The number of aliphatic hydroxyl groups is 1. The molecule has 15 nitrogen and oxygen atoms in total. The van der Waals surface area contributed by atoms with E-state index in [1.807, 2.05) is 41.5 Å². The fraction of sp³-hybridized carbons (Fsp3) is 0.942. The van der Waals surface area contributed by atoms with Crippen LogP contribution in [0.25, 0.3) is 0 Å². The molecule has 12 atom stereocenters. The van der Waals surface area contributed by atoms with Crippen LogP contribution >= 0.6 is 0 Å². The maximum atomic E-state index is 11.8. The number of fused-ring (bicyclic) bond motifs is 2. The van der Waals surface area contributed by atoms with Gasteiger partial charge >= 0.3 is 23.9 Å². The van der Waals surface area contributed by atoms with Crippen LogP contribution in [0.2, 0.25) is 0 Å². The minimum atomic E-state index is -0.376. The molecule has 480 valence electrons. The smallest absolute Gasteiger partial charge is 0.335 e. The van der Waals surface area contributed by atoms with Crippen LogP contribution in [0.1, 0.15) is 244 Å². The zero-order chi connectivity index (χ0) is 60.3. The Hall–Kier alpha value is -2.40. The quantitative estimate of drug-likeness (QED) is 0.0928. The highest BCUT2D eigenvalue weighted by atomic mass is 16.6. The highest BCUT2D eigenvalue weighted by molar-refractivity contribution is 5.77. The molecule has 13 aliphatic carbocycles. The summed E-state index contributed by atoms with van der Waals surface area (Å²) in [6, 6.07) is 0. The molecule has 1 N–H and O–H groups in total. The summed E-state index contributed by atoms with van der Waals surface area (Å²) >= 11 is 0. The van der Waals surface area contributed by atoms with Crippen LogP contribution in [0, 0.1) is 65.1 Å². The first-order valence-corrected chi connectivity index (χ1v) is 34.2. The number of carbonyl (C=O) groups excluding carboxylic acids is 4. The summed E-state index contributed by atoms with van der Waals surface area (Å²) in [4.78, 5) is 45.6. The van der Waals surface area contributed by atoms with Crippen molar-refractivity contribution in [1.82, 2.24) is 0 Å². The van der Waals surface area contributed by atoms with Crippen molar-refractivity contribution in [2.45, 2.75) is 327 Å². The second-order valence-corrected chi connectivity index (χ2v) is 31.0. The standard InChI is InChI=1S/C13H20O3.C13H22O2.C13H22O.C12H22O3.C11H16O3.C7H12O3/c1-8(2)16-13-5-9-3-10(6-13)12(14)15-11(4-9)7-13;1-9(2)15-13-6-10-3-11(7-13)5-12(14,4-10)8-13;1-9(2)14-13-6-10-3-11(7-13)5-12(4-10)8-13;1-10(2)14-8-9-15-12(13)11-6-4-3-5-7-11;1-5(2)13-9-6-3-7-8(4-6)11(12)14-10(7)9;1-5(2)10-6-3-4-9-7(6)8/h8-11H,3-7H2,1-2H3;9-11,14H,3-8H2,1-2H3;9-12H,3-8H2,1-2H3;10-11H,3-9H2,1-2H3;5-10H,3-4H2,1-2H3;5-6H,3-4H2,1-2H3. The minimum absolute atomic E-state index is 0.0253. The third kappa shape index (κ3) is 17.1. The monoisotopic (exact) mass is 1180 g/mol. The Bertz CT molecular complexity index is 2100. The molecule has 17 aliphatic rings. The molecule has 17 fully saturated rings. The SMILES string of the molecule is CC(C)OC12CC3CC(C1)OC(=O)C(C3)C2.CC(C)OC12CC3CC(CC(C3)C1)C2.CC(C)OC12CC3CC(CC(O)(C3)C1)C2.CC(C)OC1C2CC3C(=O)OC1C3C2.CC(C)OC1CCOC1=O.CC(C)OCCOC(=O)C1CCCCC1. The maximum Gasteiger partial charge on any atom is 0.335 e. The van der Waals surface area contributed by atoms with Crippen molar-refractivity contribution in [2.75, 3.05) is 19.8 Å². The minimum Gasteiger partial charge on any atom is -0.464 e. The first kappa shape index (κ1) is 66.0. The van der Waals surface area contributed by atoms with E-state index >= 15 is 0 Å². The predicted octanol–water partition coefficient (Wildman–Crippen LogP) is 12.8. The molecule has 0 radical (unpaired) electrons. The van der Waals surface area contributed by atoms with Crippen LogP contribution in [-0.4, -0.2) is 132 Å². The molecule has 0 aromatic heterocycles. The van der Waals surface area contributed by atoms with E-state index in [1.165, 1.54) is 77.0 Å². The lowest BCUT2D eigenvalue weighted by atomic mass is 9.52. The summed E-state index contributed by atoms with van der Waals surface area (Å²) in [5, 5.41) is 10.5. The topological polar surface area (TPSA) is 181 Å². The first-order valence-electron chi connectivity index (χ1n) is 34.2. The Balaban J connectivity index is 0.000000122. The van der Waals surface area contributed by atoms with Gasteiger partial charge in [0.15, 0.2) is 6.10 Å². The lowest BCUT2D eigenvalue weighted by Gasteiger charge is -2.60. The Morgan fingerprint density at radius 3 is 1.61 bits per heavy atom. The normalized spacial score (nSPS) is 41.0. The Labute approximate surface area is 505 Å². The van der Waals surface area contributed by atoms with Gasteiger partial charge in [0.1, 0.15) is 18.8 Å². The van der Waals surface area contributed by atoms with Gasteiger partial charge < -0.3 is 52.5 Å². The van der Waals surface area contributed by atoms with Gasteiger partial charge in [-0.25, -0.2) is 4.79 Å². The Morgan fingerprint density at radius 1 is 0.524 bits per heavy atom. The summed E-state index contributed by atoms with van der Waals surface area (Å²) in [5.74, 6) is 6.46. The molecule has 12 unspecified atom stereocenters. The molecule has 0 spiro atoms. The number of hydrogen-bond acceptors (Lipinski definition) is 15. The van der Waals surface area contributed by atoms with Crippen molar-refractivity contribution >= 4 is 23.9 Å². The molecule has 4 heterocycles. The number of rotatable bonds is 15. The third-order valence-corrected chi connectivity index (χ3v) is 21.0. The molecule has 0 aromatic carbocycles. The molecule has 84 heavy (non-hydrogen) atoms. The van der Waals surface area contributed by atoms with Crippen molar-refractivity contribution < 1.29 is 71.7 Å². The lowest BCUT2D eigenvalue weighted by Crippen LogP contribution is -2.60. The van der Waals surface area contributed by atoms with Gasteiger partial charge in [0.25, 0.3) is 0 Å². The zero-order valence-corrected chi connectivity index (χ0v) is 54.1. The van der Waals surface area contributed by atoms with Crippen LogP contribution < -0.4 is 0 Å². The molecule has 0 aromatic rings. The summed E-state index contributed by atoms with van der Waals surface area (Å²) in [6.07, 6.45) is 30.4. The maximum absolute atomic E-state index is 11.8. The van der Waals surface area contributed by atoms with Gasteiger partial charge in [-0.15, -0.1) is 0 Å². The van der Waals surface area contributed by atoms with E-state index in [1.54, 1.807) is 0 Å². The zero-order valence-electron chi connectivity index (χ0n) is 54.1. The Kier molecular flexibility index (Phi) is 22.2. The van der Waals surface area contributed by atoms with E-state index in [-0.39, 0.29) is 107 Å². The second kappa shape index (κ2) is 28.2. The summed E-state index contributed by atoms with van der Waals surface area (Å²) in [7, 11) is 0. The van der Waals surface area contributed by atoms with E-state index in [0.717, 1.165) is 107 Å². The molecular weight excluding hydrogens is 1070 g/mol. The first-order chi connectivity index (χ1) is 39.8. The molecule has 17 rings (SSSR count). The molecule has 0 amide bonds. The summed E-state index contributed by atoms with van der Waals surface area (Å²) in [6.45, 7) is 26.0. The summed E-state index contributed by atoms with van der Waals surface area (Å²) < 4.78 is 55.7. The van der Waals surface area contributed by atoms with Gasteiger partial charge in [0, 0.05) is 25.2 Å². The van der Waals surface area contributed by atoms with Gasteiger partial charge in [-0.1, -0.05) is 19.3 Å². The number of cyclic esters (lactones) is 1. The van der Waals surface area contributed by atoms with Crippen molar-refractivity contribution in [1.29, 1.82) is 0 Å². The fourth-order valence-electron chi connectivity index (χ4n) is 19.7. The van der Waals surface area contributed by atoms with E-state index in [9.17, 15) is 24.3 Å². The van der Waals surface area contributed by atoms with Gasteiger partial charge in [-0.3, -0.25) is 14.4 Å². The average molecular weight is 1180 g/mol. The largest absolute Gasteiger partial charge is 0.464 e. The van der Waals surface area contributed by atoms with Crippen molar-refractivity contribution in [3.05, 3.63) is 0 Å². The number of esters is 4. The second-order valence-electron chi connectivity index (χ2n) is 31.0. The molecule has 13 saturated carbocycles. The highest BCUT2D eigenvalue weighted by Gasteiger charge is 2.63. The van der Waals surface area contributed by atoms with E-state index in [4.69, 9.17) is 47.4 Å². The molecule has 4 aliphatic heterocycles. The predicted molar refractivity (Wildman–Crippen MR) is 318 cm³/mol. The van der Waals surface area contributed by atoms with Crippen LogP contribution in [-0.2, 0) is 66.5 Å². The van der Waals surface area contributed by atoms with Crippen molar-refractivity contribution in [2.24, 2.45) is 65.1 Å². The summed E-state index contributed by atoms with van der Waals surface area (Å²) in [5.41, 5.74) is -0.0777. The lowest BCUT2D eigenvalue weighted by molar-refractivity contribution is -0.231. The third-order valence-electron chi connectivity index (χ3n) is 21.0. The Morgan fingerprint density at radius 2 is 1.07 bits per heavy atom. The molecular formula is C69H114O15. The van der Waals surface area contributed by atoms with Crippen LogP contribution in [0.4, 0.5) is 0 Å². The molecule has 14 bridgehead atoms. The molecule has 4 saturated heterocycles. The number of ether oxygens (including phenoxy) is 10. The number of hydrogen-bond donors (Lipinski definition) is 1.